The lowest BCUT2D eigenvalue weighted by Crippen LogP contribution is -2.50. The molecule has 1 heterocycles. The molecule has 1 aromatic rings. The molecule has 4 aliphatic rings. The van der Waals surface area contributed by atoms with Gasteiger partial charge in [0, 0.05) is 18.8 Å². The number of carbonyl (C=O) groups is 1. The first kappa shape index (κ1) is 21.8. The summed E-state index contributed by atoms with van der Waals surface area (Å²) in [5.74, 6) is 1.60. The van der Waals surface area contributed by atoms with Crippen molar-refractivity contribution in [2.45, 2.75) is 70.9 Å². The fourth-order valence-corrected chi connectivity index (χ4v) is 7.59. The van der Waals surface area contributed by atoms with Crippen molar-refractivity contribution in [1.29, 1.82) is 0 Å². The number of fused-ring (bicyclic) bond motifs is 5. The number of esters is 1. The van der Waals surface area contributed by atoms with Gasteiger partial charge in [-0.15, -0.1) is 0 Å². The van der Waals surface area contributed by atoms with Gasteiger partial charge in [-0.25, -0.2) is 0 Å². The molecule has 2 fully saturated rings. The molecule has 3 N–H and O–H groups in total. The van der Waals surface area contributed by atoms with Crippen LogP contribution in [-0.2, 0) is 9.53 Å². The highest BCUT2D eigenvalue weighted by Gasteiger charge is 2.57. The van der Waals surface area contributed by atoms with Crippen LogP contribution in [0.25, 0.3) is 5.57 Å². The number of hydrogen-bond donors (Lipinski definition) is 2. The number of nitrogens with two attached hydrogens (primary N) is 1. The van der Waals surface area contributed by atoms with Gasteiger partial charge in [0.15, 0.2) is 0 Å². The van der Waals surface area contributed by atoms with Crippen molar-refractivity contribution in [2.24, 2.45) is 34.3 Å². The van der Waals surface area contributed by atoms with E-state index in [1.54, 1.807) is 0 Å². The van der Waals surface area contributed by atoms with Gasteiger partial charge in [0.1, 0.15) is 12.1 Å². The number of rotatable bonds is 4. The Balaban J connectivity index is 1.34. The van der Waals surface area contributed by atoms with Crippen molar-refractivity contribution in [3.63, 3.8) is 0 Å². The first-order valence-electron chi connectivity index (χ1n) is 12.2. The SMILES string of the molecule is C[C@]12CC[C@H](OC(=O)[C@@H](N)CO)CC1=CC[C@@H]1[C@@H]2CC[C@]2(C)C(c3cccnc3)=CC[C@@H]12. The Kier molecular flexibility index (Phi) is 5.53. The lowest BCUT2D eigenvalue weighted by Gasteiger charge is -2.57. The molecule has 0 aromatic carbocycles. The summed E-state index contributed by atoms with van der Waals surface area (Å²) in [5.41, 5.74) is 10.3. The highest BCUT2D eigenvalue weighted by Crippen LogP contribution is 2.66. The molecular formula is C27H36N2O3. The Bertz CT molecular complexity index is 941. The molecule has 0 spiro atoms. The van der Waals surface area contributed by atoms with Crippen LogP contribution in [0.5, 0.6) is 0 Å². The monoisotopic (exact) mass is 436 g/mol. The Hall–Kier alpha value is -1.98. The maximum atomic E-state index is 12.1. The topological polar surface area (TPSA) is 85.4 Å². The Morgan fingerprint density at radius 1 is 1.22 bits per heavy atom. The van der Waals surface area contributed by atoms with Crippen LogP contribution in [0.2, 0.25) is 0 Å². The maximum absolute atomic E-state index is 12.1. The first-order chi connectivity index (χ1) is 15.4. The van der Waals surface area contributed by atoms with Crippen LogP contribution >= 0.6 is 0 Å². The van der Waals surface area contributed by atoms with Gasteiger partial charge in [0.05, 0.1) is 6.61 Å². The molecule has 7 atom stereocenters. The van der Waals surface area contributed by atoms with Crippen LogP contribution < -0.4 is 5.73 Å². The molecule has 5 heteroatoms. The third-order valence-electron chi connectivity index (χ3n) is 9.39. The van der Waals surface area contributed by atoms with Gasteiger partial charge < -0.3 is 15.6 Å². The highest BCUT2D eigenvalue weighted by molar-refractivity contribution is 5.75. The van der Waals surface area contributed by atoms with Crippen LogP contribution in [0.1, 0.15) is 64.4 Å². The first-order valence-corrected chi connectivity index (χ1v) is 12.2. The summed E-state index contributed by atoms with van der Waals surface area (Å²) < 4.78 is 5.64. The Morgan fingerprint density at radius 3 is 2.78 bits per heavy atom. The van der Waals surface area contributed by atoms with Gasteiger partial charge in [-0.2, -0.15) is 0 Å². The van der Waals surface area contributed by atoms with Gasteiger partial charge in [0.2, 0.25) is 0 Å². The van der Waals surface area contributed by atoms with E-state index in [2.05, 4.69) is 37.0 Å². The zero-order chi connectivity index (χ0) is 22.5. The van der Waals surface area contributed by atoms with Crippen molar-refractivity contribution >= 4 is 11.5 Å². The van der Waals surface area contributed by atoms with E-state index < -0.39 is 12.0 Å². The standard InChI is InChI=1S/C27H36N2O3/c1-26-11-9-19(32-25(31)24(28)16-30)14-18(26)5-6-20-22-8-7-21(17-4-3-13-29-15-17)27(22,2)12-10-23(20)26/h3-5,7,13,15,19-20,22-24,30H,6,8-12,14,16,28H2,1-2H3/t19-,20-,22-,23-,24-,26-,27+/m0/s1. The van der Waals surface area contributed by atoms with Crippen LogP contribution in [-0.4, -0.2) is 34.8 Å². The lowest BCUT2D eigenvalue weighted by atomic mass is 9.47. The molecular weight excluding hydrogens is 400 g/mol. The second-order valence-electron chi connectivity index (χ2n) is 10.9. The Morgan fingerprint density at radius 2 is 2.03 bits per heavy atom. The van der Waals surface area contributed by atoms with E-state index in [0.717, 1.165) is 25.7 Å². The molecule has 4 aliphatic carbocycles. The van der Waals surface area contributed by atoms with E-state index in [1.807, 2.05) is 18.5 Å². The van der Waals surface area contributed by atoms with Crippen molar-refractivity contribution in [1.82, 2.24) is 4.98 Å². The summed E-state index contributed by atoms with van der Waals surface area (Å²) in [4.78, 5) is 16.5. The van der Waals surface area contributed by atoms with Gasteiger partial charge >= 0.3 is 5.97 Å². The molecule has 5 rings (SSSR count). The van der Waals surface area contributed by atoms with Gasteiger partial charge in [-0.3, -0.25) is 9.78 Å². The number of carbonyl (C=O) groups excluding carboxylic acids is 1. The van der Waals surface area contributed by atoms with Gasteiger partial charge in [-0.1, -0.05) is 37.6 Å². The van der Waals surface area contributed by atoms with E-state index in [4.69, 9.17) is 15.6 Å². The molecule has 0 amide bonds. The Labute approximate surface area is 191 Å². The number of nitrogens with zero attached hydrogens (tertiary/aromatic N) is 1. The molecule has 0 aliphatic heterocycles. The number of pyridine rings is 1. The molecule has 172 valence electrons. The quantitative estimate of drug-likeness (QED) is 0.544. The number of aliphatic hydroxyl groups is 1. The summed E-state index contributed by atoms with van der Waals surface area (Å²) in [6, 6.07) is 3.32. The summed E-state index contributed by atoms with van der Waals surface area (Å²) in [6.45, 7) is 4.58. The zero-order valence-corrected chi connectivity index (χ0v) is 19.3. The maximum Gasteiger partial charge on any atom is 0.325 e. The molecule has 2 saturated carbocycles. The van der Waals surface area contributed by atoms with Gasteiger partial charge in [0.25, 0.3) is 0 Å². The fourth-order valence-electron chi connectivity index (χ4n) is 7.59. The second-order valence-corrected chi connectivity index (χ2v) is 10.9. The summed E-state index contributed by atoms with van der Waals surface area (Å²) in [7, 11) is 0. The largest absolute Gasteiger partial charge is 0.461 e. The smallest absolute Gasteiger partial charge is 0.325 e. The zero-order valence-electron chi connectivity index (χ0n) is 19.3. The minimum absolute atomic E-state index is 0.116. The number of ether oxygens (including phenoxy) is 1. The predicted molar refractivity (Wildman–Crippen MR) is 124 cm³/mol. The molecule has 0 saturated heterocycles. The van der Waals surface area contributed by atoms with E-state index in [1.165, 1.54) is 36.0 Å². The second kappa shape index (κ2) is 8.11. The van der Waals surface area contributed by atoms with Crippen molar-refractivity contribution in [3.05, 3.63) is 47.8 Å². The van der Waals surface area contributed by atoms with E-state index >= 15 is 0 Å². The van der Waals surface area contributed by atoms with Crippen LogP contribution in [0.3, 0.4) is 0 Å². The van der Waals surface area contributed by atoms with E-state index in [9.17, 15) is 4.79 Å². The molecule has 0 radical (unpaired) electrons. The molecule has 0 unspecified atom stereocenters. The fraction of sp³-hybridized carbons (Fsp3) is 0.630. The van der Waals surface area contributed by atoms with E-state index in [0.29, 0.717) is 17.8 Å². The normalized spacial score (nSPS) is 39.1. The number of aromatic nitrogens is 1. The van der Waals surface area contributed by atoms with Crippen molar-refractivity contribution in [3.8, 4) is 0 Å². The average Bonchev–Trinajstić information content (AvgIpc) is 3.16. The third-order valence-corrected chi connectivity index (χ3v) is 9.39. The van der Waals surface area contributed by atoms with Crippen molar-refractivity contribution < 1.29 is 14.6 Å². The van der Waals surface area contributed by atoms with Crippen molar-refractivity contribution in [2.75, 3.05) is 6.61 Å². The number of hydrogen-bond acceptors (Lipinski definition) is 5. The molecule has 5 nitrogen and oxygen atoms in total. The summed E-state index contributed by atoms with van der Waals surface area (Å²) in [6.07, 6.45) is 16.2. The van der Waals surface area contributed by atoms with Crippen LogP contribution in [0.15, 0.2) is 42.3 Å². The minimum atomic E-state index is -0.937. The minimum Gasteiger partial charge on any atom is -0.461 e. The molecule has 1 aromatic heterocycles. The summed E-state index contributed by atoms with van der Waals surface area (Å²) >= 11 is 0. The molecule has 0 bridgehead atoms. The average molecular weight is 437 g/mol. The third kappa shape index (κ3) is 3.36. The number of allylic oxidation sites excluding steroid dienone is 3. The number of aliphatic hydroxyl groups excluding tert-OH is 1. The van der Waals surface area contributed by atoms with Gasteiger partial charge in [-0.05, 0) is 84.3 Å². The molecule has 32 heavy (non-hydrogen) atoms. The van der Waals surface area contributed by atoms with Crippen LogP contribution in [0.4, 0.5) is 0 Å². The van der Waals surface area contributed by atoms with E-state index in [-0.39, 0.29) is 23.5 Å². The van der Waals surface area contributed by atoms with Crippen LogP contribution in [0, 0.1) is 28.6 Å². The summed E-state index contributed by atoms with van der Waals surface area (Å²) in [5, 5.41) is 9.13. The predicted octanol–water partition coefficient (Wildman–Crippen LogP) is 4.27. The highest BCUT2D eigenvalue weighted by atomic mass is 16.5. The lowest BCUT2D eigenvalue weighted by molar-refractivity contribution is -0.153.